The molecule has 0 heterocycles. The maximum Gasteiger partial charge on any atom is 0.339 e. The zero-order valence-corrected chi connectivity index (χ0v) is 12.8. The van der Waals surface area contributed by atoms with Crippen molar-refractivity contribution in [2.45, 2.75) is 0 Å². The molecule has 2 rings (SSSR count). The smallest absolute Gasteiger partial charge is 0.339 e. The summed E-state index contributed by atoms with van der Waals surface area (Å²) >= 11 is 3.26. The SMILES string of the molecule is COC(=O)c1cc(NC(=O)Nc2ccccc2)ccc1Br. The fourth-order valence-electron chi connectivity index (χ4n) is 1.68. The molecule has 0 aliphatic carbocycles. The second kappa shape index (κ2) is 6.90. The molecule has 0 fully saturated rings. The van der Waals surface area contributed by atoms with Gasteiger partial charge in [-0.15, -0.1) is 0 Å². The second-order valence-corrected chi connectivity index (χ2v) is 4.99. The van der Waals surface area contributed by atoms with Crippen LogP contribution in [0.25, 0.3) is 0 Å². The fourth-order valence-corrected chi connectivity index (χ4v) is 2.09. The first-order valence-corrected chi connectivity index (χ1v) is 6.90. The number of benzene rings is 2. The number of hydrogen-bond acceptors (Lipinski definition) is 3. The zero-order valence-electron chi connectivity index (χ0n) is 11.2. The van der Waals surface area contributed by atoms with Gasteiger partial charge in [0, 0.05) is 15.8 Å². The van der Waals surface area contributed by atoms with Crippen LogP contribution < -0.4 is 10.6 Å². The van der Waals surface area contributed by atoms with E-state index in [2.05, 4.69) is 31.3 Å². The first-order chi connectivity index (χ1) is 10.1. The Morgan fingerprint density at radius 2 is 1.67 bits per heavy atom. The quantitative estimate of drug-likeness (QED) is 0.827. The van der Waals surface area contributed by atoms with E-state index in [1.54, 1.807) is 30.3 Å². The molecule has 2 aromatic rings. The average Bonchev–Trinajstić information content (AvgIpc) is 2.49. The Labute approximate surface area is 130 Å². The van der Waals surface area contributed by atoms with Crippen LogP contribution in [0.4, 0.5) is 16.2 Å². The van der Waals surface area contributed by atoms with Crippen molar-refractivity contribution in [3.63, 3.8) is 0 Å². The van der Waals surface area contributed by atoms with Crippen LogP contribution in [-0.2, 0) is 4.74 Å². The summed E-state index contributed by atoms with van der Waals surface area (Å²) in [6.45, 7) is 0. The Balaban J connectivity index is 2.09. The summed E-state index contributed by atoms with van der Waals surface area (Å²) in [6.07, 6.45) is 0. The maximum absolute atomic E-state index is 11.9. The zero-order chi connectivity index (χ0) is 15.2. The van der Waals surface area contributed by atoms with Gasteiger partial charge in [0.2, 0.25) is 0 Å². The molecule has 5 nitrogen and oxygen atoms in total. The number of rotatable bonds is 3. The lowest BCUT2D eigenvalue weighted by Crippen LogP contribution is -2.19. The van der Waals surface area contributed by atoms with Gasteiger partial charge < -0.3 is 15.4 Å². The first kappa shape index (κ1) is 15.1. The highest BCUT2D eigenvalue weighted by atomic mass is 79.9. The molecule has 2 N–H and O–H groups in total. The van der Waals surface area contributed by atoms with E-state index >= 15 is 0 Å². The molecule has 0 radical (unpaired) electrons. The van der Waals surface area contributed by atoms with Crippen molar-refractivity contribution in [1.29, 1.82) is 0 Å². The van der Waals surface area contributed by atoms with Gasteiger partial charge in [-0.1, -0.05) is 18.2 Å². The van der Waals surface area contributed by atoms with Crippen LogP contribution in [0.3, 0.4) is 0 Å². The van der Waals surface area contributed by atoms with E-state index in [1.165, 1.54) is 7.11 Å². The molecule has 0 unspecified atom stereocenters. The summed E-state index contributed by atoms with van der Waals surface area (Å²) in [5.41, 5.74) is 1.52. The van der Waals surface area contributed by atoms with E-state index in [4.69, 9.17) is 0 Å². The van der Waals surface area contributed by atoms with Crippen LogP contribution in [0.15, 0.2) is 53.0 Å². The van der Waals surface area contributed by atoms with Crippen LogP contribution in [0, 0.1) is 0 Å². The Bertz CT molecular complexity index is 659. The number of hydrogen-bond donors (Lipinski definition) is 2. The van der Waals surface area contributed by atoms with Crippen molar-refractivity contribution in [3.05, 3.63) is 58.6 Å². The van der Waals surface area contributed by atoms with Crippen LogP contribution in [-0.4, -0.2) is 19.1 Å². The van der Waals surface area contributed by atoms with E-state index in [0.717, 1.165) is 0 Å². The predicted octanol–water partition coefficient (Wildman–Crippen LogP) is 3.88. The molecule has 108 valence electrons. The van der Waals surface area contributed by atoms with Gasteiger partial charge in [0.1, 0.15) is 0 Å². The summed E-state index contributed by atoms with van der Waals surface area (Å²) in [4.78, 5) is 23.5. The van der Waals surface area contributed by atoms with Crippen LogP contribution in [0.2, 0.25) is 0 Å². The Morgan fingerprint density at radius 1 is 1.00 bits per heavy atom. The molecule has 0 saturated carbocycles. The Kier molecular flexibility index (Phi) is 4.94. The standard InChI is InChI=1S/C15H13BrN2O3/c1-21-14(19)12-9-11(7-8-13(12)16)18-15(20)17-10-5-3-2-4-6-10/h2-9H,1H3,(H2,17,18,20). The summed E-state index contributed by atoms with van der Waals surface area (Å²) in [5.74, 6) is -0.478. The van der Waals surface area contributed by atoms with Gasteiger partial charge in [-0.05, 0) is 46.3 Å². The molecule has 2 amide bonds. The number of amides is 2. The van der Waals surface area contributed by atoms with E-state index in [9.17, 15) is 9.59 Å². The van der Waals surface area contributed by atoms with Gasteiger partial charge in [0.05, 0.1) is 12.7 Å². The second-order valence-electron chi connectivity index (χ2n) is 4.13. The number of urea groups is 1. The average molecular weight is 349 g/mol. The molecule has 0 aliphatic heterocycles. The Morgan fingerprint density at radius 3 is 2.33 bits per heavy atom. The molecular formula is C15H13BrN2O3. The predicted molar refractivity (Wildman–Crippen MR) is 84.6 cm³/mol. The van der Waals surface area contributed by atoms with Crippen LogP contribution >= 0.6 is 15.9 Å². The van der Waals surface area contributed by atoms with E-state index < -0.39 is 5.97 Å². The number of carbonyl (C=O) groups excluding carboxylic acids is 2. The minimum atomic E-state index is -0.478. The molecule has 0 aromatic heterocycles. The third kappa shape index (κ3) is 4.06. The topological polar surface area (TPSA) is 67.4 Å². The number of methoxy groups -OCH3 is 1. The van der Waals surface area contributed by atoms with Crippen molar-refractivity contribution in [2.24, 2.45) is 0 Å². The molecular weight excluding hydrogens is 336 g/mol. The van der Waals surface area contributed by atoms with Crippen LogP contribution in [0.5, 0.6) is 0 Å². The van der Waals surface area contributed by atoms with E-state index in [-0.39, 0.29) is 6.03 Å². The number of carbonyl (C=O) groups is 2. The van der Waals surface area contributed by atoms with Crippen molar-refractivity contribution in [3.8, 4) is 0 Å². The highest BCUT2D eigenvalue weighted by molar-refractivity contribution is 9.10. The van der Waals surface area contributed by atoms with Crippen molar-refractivity contribution < 1.29 is 14.3 Å². The summed E-state index contributed by atoms with van der Waals surface area (Å²) in [6, 6.07) is 13.6. The van der Waals surface area contributed by atoms with Gasteiger partial charge >= 0.3 is 12.0 Å². The van der Waals surface area contributed by atoms with Crippen molar-refractivity contribution in [2.75, 3.05) is 17.7 Å². The molecule has 0 saturated heterocycles. The van der Waals surface area contributed by atoms with Gasteiger partial charge in [0.15, 0.2) is 0 Å². The lowest BCUT2D eigenvalue weighted by Gasteiger charge is -2.09. The van der Waals surface area contributed by atoms with Gasteiger partial charge in [-0.3, -0.25) is 0 Å². The number of ether oxygens (including phenoxy) is 1. The third-order valence-corrected chi connectivity index (χ3v) is 3.35. The summed E-state index contributed by atoms with van der Waals surface area (Å²) in [5, 5.41) is 5.35. The van der Waals surface area contributed by atoms with Crippen LogP contribution in [0.1, 0.15) is 10.4 Å². The largest absolute Gasteiger partial charge is 0.465 e. The molecule has 21 heavy (non-hydrogen) atoms. The van der Waals surface area contributed by atoms with Gasteiger partial charge in [-0.2, -0.15) is 0 Å². The first-order valence-electron chi connectivity index (χ1n) is 6.11. The number of para-hydroxylation sites is 1. The highest BCUT2D eigenvalue weighted by Crippen LogP contribution is 2.22. The normalized spacial score (nSPS) is 9.81. The molecule has 0 spiro atoms. The summed E-state index contributed by atoms with van der Waals surface area (Å²) < 4.78 is 5.28. The maximum atomic E-state index is 11.9. The number of halogens is 1. The van der Waals surface area contributed by atoms with Gasteiger partial charge in [0.25, 0.3) is 0 Å². The van der Waals surface area contributed by atoms with E-state index in [0.29, 0.717) is 21.4 Å². The minimum absolute atomic E-state index is 0.343. The molecule has 0 bridgehead atoms. The Hall–Kier alpha value is -2.34. The minimum Gasteiger partial charge on any atom is -0.465 e. The monoisotopic (exact) mass is 348 g/mol. The number of esters is 1. The van der Waals surface area contributed by atoms with E-state index in [1.807, 2.05) is 18.2 Å². The van der Waals surface area contributed by atoms with Crippen molar-refractivity contribution >= 4 is 39.3 Å². The highest BCUT2D eigenvalue weighted by Gasteiger charge is 2.12. The fraction of sp³-hybridized carbons (Fsp3) is 0.0667. The van der Waals surface area contributed by atoms with Gasteiger partial charge in [-0.25, -0.2) is 9.59 Å². The number of anilines is 2. The molecule has 6 heteroatoms. The lowest BCUT2D eigenvalue weighted by atomic mass is 10.2. The number of nitrogens with one attached hydrogen (secondary N) is 2. The third-order valence-electron chi connectivity index (χ3n) is 2.66. The molecule has 2 aromatic carbocycles. The molecule has 0 aliphatic rings. The van der Waals surface area contributed by atoms with Crippen molar-refractivity contribution in [1.82, 2.24) is 0 Å². The summed E-state index contributed by atoms with van der Waals surface area (Å²) in [7, 11) is 1.30. The lowest BCUT2D eigenvalue weighted by molar-refractivity contribution is 0.0599. The molecule has 0 atom stereocenters.